The van der Waals surface area contributed by atoms with Gasteiger partial charge < -0.3 is 14.2 Å². The molecule has 0 heterocycles. The Hall–Kier alpha value is -4.71. The van der Waals surface area contributed by atoms with Gasteiger partial charge in [0.15, 0.2) is 6.10 Å². The van der Waals surface area contributed by atoms with Crippen molar-refractivity contribution in [1.82, 2.24) is 0 Å². The Morgan fingerprint density at radius 2 is 0.476 bits per heavy atom. The first-order valence-corrected chi connectivity index (χ1v) is 33.8. The quantitative estimate of drug-likeness (QED) is 0.0261. The van der Waals surface area contributed by atoms with Crippen LogP contribution in [0.1, 0.15) is 297 Å². The summed E-state index contributed by atoms with van der Waals surface area (Å²) >= 11 is 0. The zero-order chi connectivity index (χ0) is 59.2. The lowest BCUT2D eigenvalue weighted by Gasteiger charge is -2.18. The molecule has 0 saturated carbocycles. The maximum absolute atomic E-state index is 12.9. The number of allylic oxidation sites excluding steroid dienone is 24. The molecule has 0 aliphatic heterocycles. The molecule has 0 fully saturated rings. The van der Waals surface area contributed by atoms with Crippen LogP contribution in [0.4, 0.5) is 0 Å². The fraction of sp³-hybridized carbons (Fsp3) is 0.645. The van der Waals surface area contributed by atoms with Crippen molar-refractivity contribution < 1.29 is 28.6 Å². The van der Waals surface area contributed by atoms with Crippen LogP contribution in [0.5, 0.6) is 0 Å². The standard InChI is InChI=1S/C76H124O6/c1-4-7-10-13-16-19-22-25-28-31-34-36-37-38-39-41-42-45-48-51-54-57-60-63-66-69-75(78)81-72-73(71-80-74(77)68-65-62-59-56-53-50-47-44-33-30-27-24-21-18-15-12-9-6-3)82-76(79)70-67-64-61-58-55-52-49-46-43-40-35-32-29-26-23-20-17-14-11-8-5-2/h7-8,10-11,16-17,19-21,24-26,28-30,33-36,40,46,49,55,58,73H,4-6,9,12-15,18,22-23,27,31-32,37-39,41-45,47-48,50-54,56-57,59-72H2,1-3H3/b10-7-,11-8-,19-16-,20-17-,24-21-,28-25-,29-26-,33-30-,36-34-,40-35-,49-46-,58-55-. The molecule has 1 unspecified atom stereocenters. The molecule has 0 rings (SSSR count). The van der Waals surface area contributed by atoms with Crippen LogP contribution < -0.4 is 0 Å². The fourth-order valence-electron chi connectivity index (χ4n) is 9.06. The summed E-state index contributed by atoms with van der Waals surface area (Å²) in [7, 11) is 0. The molecule has 6 nitrogen and oxygen atoms in total. The Bertz CT molecular complexity index is 1780. The van der Waals surface area contributed by atoms with Crippen molar-refractivity contribution in [2.45, 2.75) is 303 Å². The summed E-state index contributed by atoms with van der Waals surface area (Å²) in [5, 5.41) is 0. The molecule has 82 heavy (non-hydrogen) atoms. The van der Waals surface area contributed by atoms with Crippen LogP contribution in [-0.2, 0) is 28.6 Å². The Morgan fingerprint density at radius 3 is 0.768 bits per heavy atom. The fourth-order valence-corrected chi connectivity index (χ4v) is 9.06. The first-order chi connectivity index (χ1) is 40.5. The summed E-state index contributed by atoms with van der Waals surface area (Å²) in [4.78, 5) is 38.4. The molecule has 0 saturated heterocycles. The lowest BCUT2D eigenvalue weighted by Crippen LogP contribution is -2.30. The Balaban J connectivity index is 4.47. The zero-order valence-electron chi connectivity index (χ0n) is 53.2. The molecule has 1 atom stereocenters. The van der Waals surface area contributed by atoms with E-state index in [1.54, 1.807) is 0 Å². The second kappa shape index (κ2) is 68.8. The van der Waals surface area contributed by atoms with Crippen LogP contribution in [0.25, 0.3) is 0 Å². The number of ether oxygens (including phenoxy) is 3. The van der Waals surface area contributed by atoms with E-state index in [9.17, 15) is 14.4 Å². The van der Waals surface area contributed by atoms with Crippen molar-refractivity contribution in [3.63, 3.8) is 0 Å². The van der Waals surface area contributed by atoms with Gasteiger partial charge in [-0.3, -0.25) is 14.4 Å². The molecule has 6 heteroatoms. The van der Waals surface area contributed by atoms with Crippen molar-refractivity contribution in [2.24, 2.45) is 0 Å². The zero-order valence-corrected chi connectivity index (χ0v) is 53.2. The Labute approximate surface area is 506 Å². The van der Waals surface area contributed by atoms with Crippen molar-refractivity contribution >= 4 is 17.9 Å². The summed E-state index contributed by atoms with van der Waals surface area (Å²) in [6, 6.07) is 0. The average Bonchev–Trinajstić information content (AvgIpc) is 3.47. The average molecular weight is 1130 g/mol. The van der Waals surface area contributed by atoms with Crippen LogP contribution >= 0.6 is 0 Å². The number of carbonyl (C=O) groups excluding carboxylic acids is 3. The normalized spacial score (nSPS) is 13.1. The van der Waals surface area contributed by atoms with Gasteiger partial charge in [0.05, 0.1) is 0 Å². The molecular formula is C76H124O6. The molecule has 0 N–H and O–H groups in total. The highest BCUT2D eigenvalue weighted by atomic mass is 16.6. The first-order valence-electron chi connectivity index (χ1n) is 33.8. The maximum atomic E-state index is 12.9. The van der Waals surface area contributed by atoms with E-state index in [0.717, 1.165) is 128 Å². The summed E-state index contributed by atoms with van der Waals surface area (Å²) in [6.45, 7) is 6.37. The molecule has 0 aromatic rings. The van der Waals surface area contributed by atoms with Gasteiger partial charge >= 0.3 is 17.9 Å². The second-order valence-corrected chi connectivity index (χ2v) is 22.0. The van der Waals surface area contributed by atoms with Gasteiger partial charge in [-0.25, -0.2) is 0 Å². The molecular weight excluding hydrogens is 1010 g/mol. The number of hydrogen-bond acceptors (Lipinski definition) is 6. The summed E-state index contributed by atoms with van der Waals surface area (Å²) < 4.78 is 16.9. The molecule has 0 bridgehead atoms. The monoisotopic (exact) mass is 1130 g/mol. The lowest BCUT2D eigenvalue weighted by molar-refractivity contribution is -0.167. The van der Waals surface area contributed by atoms with Gasteiger partial charge in [-0.1, -0.05) is 282 Å². The Kier molecular flexibility index (Phi) is 64.8. The Morgan fingerprint density at radius 1 is 0.256 bits per heavy atom. The second-order valence-electron chi connectivity index (χ2n) is 22.0. The molecule has 0 spiro atoms. The molecule has 0 aliphatic carbocycles. The number of rotatable bonds is 60. The van der Waals surface area contributed by atoms with E-state index in [-0.39, 0.29) is 37.5 Å². The van der Waals surface area contributed by atoms with E-state index in [2.05, 4.69) is 167 Å². The topological polar surface area (TPSA) is 78.9 Å². The van der Waals surface area contributed by atoms with Gasteiger partial charge in [-0.2, -0.15) is 0 Å². The van der Waals surface area contributed by atoms with Crippen molar-refractivity contribution in [3.05, 3.63) is 146 Å². The smallest absolute Gasteiger partial charge is 0.306 e. The van der Waals surface area contributed by atoms with Crippen LogP contribution in [0, 0.1) is 0 Å². The third kappa shape index (κ3) is 66.1. The van der Waals surface area contributed by atoms with Crippen LogP contribution in [0.15, 0.2) is 146 Å². The minimum atomic E-state index is -0.813. The summed E-state index contributed by atoms with van der Waals surface area (Å²) in [5.41, 5.74) is 0. The van der Waals surface area contributed by atoms with E-state index in [1.165, 1.54) is 122 Å². The van der Waals surface area contributed by atoms with Crippen LogP contribution in [0.3, 0.4) is 0 Å². The molecule has 0 aliphatic rings. The van der Waals surface area contributed by atoms with Gasteiger partial charge in [0.2, 0.25) is 0 Å². The summed E-state index contributed by atoms with van der Waals surface area (Å²) in [5.74, 6) is -0.953. The SMILES string of the molecule is CC/C=C\C/C=C\C/C=C\C/C=C\C/C=C\C/C=C\CCCCC(=O)OC(COC(=O)CCCCCCCCC/C=C\C/C=C\CCCCCC)COC(=O)CCCCCCCCCCCCCC/C=C\C/C=C\C/C=C\C/C=C\CC. The molecule has 0 aromatic heterocycles. The maximum Gasteiger partial charge on any atom is 0.306 e. The highest BCUT2D eigenvalue weighted by molar-refractivity contribution is 5.71. The van der Waals surface area contributed by atoms with Gasteiger partial charge in [-0.05, 0) is 141 Å². The van der Waals surface area contributed by atoms with E-state index >= 15 is 0 Å². The highest BCUT2D eigenvalue weighted by Crippen LogP contribution is 2.16. The van der Waals surface area contributed by atoms with E-state index in [4.69, 9.17) is 14.2 Å². The number of unbranched alkanes of at least 4 members (excludes halogenated alkanes) is 25. The largest absolute Gasteiger partial charge is 0.462 e. The lowest BCUT2D eigenvalue weighted by atomic mass is 10.0. The van der Waals surface area contributed by atoms with Gasteiger partial charge in [0.25, 0.3) is 0 Å². The van der Waals surface area contributed by atoms with Gasteiger partial charge in [-0.15, -0.1) is 0 Å². The van der Waals surface area contributed by atoms with Gasteiger partial charge in [0, 0.05) is 19.3 Å². The molecule has 0 amide bonds. The van der Waals surface area contributed by atoms with Crippen molar-refractivity contribution in [3.8, 4) is 0 Å². The van der Waals surface area contributed by atoms with Crippen LogP contribution in [0.2, 0.25) is 0 Å². The third-order valence-corrected chi connectivity index (χ3v) is 14.1. The van der Waals surface area contributed by atoms with Gasteiger partial charge in [0.1, 0.15) is 13.2 Å². The van der Waals surface area contributed by atoms with E-state index in [0.29, 0.717) is 19.3 Å². The van der Waals surface area contributed by atoms with E-state index < -0.39 is 6.10 Å². The molecule has 464 valence electrons. The highest BCUT2D eigenvalue weighted by Gasteiger charge is 2.19. The number of esters is 3. The molecule has 0 radical (unpaired) electrons. The predicted octanol–water partition coefficient (Wildman–Crippen LogP) is 23.5. The number of hydrogen-bond donors (Lipinski definition) is 0. The third-order valence-electron chi connectivity index (χ3n) is 14.1. The van der Waals surface area contributed by atoms with E-state index in [1.807, 2.05) is 0 Å². The molecule has 0 aromatic carbocycles. The minimum Gasteiger partial charge on any atom is -0.462 e. The van der Waals surface area contributed by atoms with Crippen molar-refractivity contribution in [1.29, 1.82) is 0 Å². The van der Waals surface area contributed by atoms with Crippen molar-refractivity contribution in [2.75, 3.05) is 13.2 Å². The first kappa shape index (κ1) is 77.3. The summed E-state index contributed by atoms with van der Waals surface area (Å²) in [6.07, 6.45) is 98.5. The predicted molar refractivity (Wildman–Crippen MR) is 357 cm³/mol. The van der Waals surface area contributed by atoms with Crippen LogP contribution in [-0.4, -0.2) is 37.2 Å². The minimum absolute atomic E-state index is 0.103. The number of carbonyl (C=O) groups is 3.